The van der Waals surface area contributed by atoms with Crippen molar-refractivity contribution in [3.05, 3.63) is 88.4 Å². The maximum Gasteiger partial charge on any atom is 0.255 e. The molecule has 0 atom stereocenters. The van der Waals surface area contributed by atoms with Crippen molar-refractivity contribution in [3.8, 4) is 11.5 Å². The number of aryl methyl sites for hydroxylation is 1. The second-order valence-electron chi connectivity index (χ2n) is 6.09. The summed E-state index contributed by atoms with van der Waals surface area (Å²) in [6.07, 6.45) is 0. The van der Waals surface area contributed by atoms with Crippen molar-refractivity contribution in [1.29, 1.82) is 0 Å². The first-order valence-electron chi connectivity index (χ1n) is 8.48. The van der Waals surface area contributed by atoms with Gasteiger partial charge in [0.05, 0.1) is 7.11 Å². The summed E-state index contributed by atoms with van der Waals surface area (Å²) in [6.45, 7) is 2.32. The Hall–Kier alpha value is -2.98. The molecule has 27 heavy (non-hydrogen) atoms. The molecule has 0 radical (unpaired) electrons. The maximum absolute atomic E-state index is 12.6. The predicted molar refractivity (Wildman–Crippen MR) is 108 cm³/mol. The van der Waals surface area contributed by atoms with Crippen molar-refractivity contribution in [3.63, 3.8) is 0 Å². The third-order valence-electron chi connectivity index (χ3n) is 4.04. The van der Waals surface area contributed by atoms with E-state index in [1.165, 1.54) is 5.56 Å². The van der Waals surface area contributed by atoms with Gasteiger partial charge in [-0.3, -0.25) is 4.79 Å². The van der Waals surface area contributed by atoms with E-state index in [9.17, 15) is 4.79 Å². The Bertz CT molecular complexity index is 939. The van der Waals surface area contributed by atoms with Crippen LogP contribution >= 0.6 is 11.6 Å². The van der Waals surface area contributed by atoms with Crippen molar-refractivity contribution < 1.29 is 14.3 Å². The van der Waals surface area contributed by atoms with Crippen LogP contribution in [0.2, 0.25) is 5.02 Å². The Balaban J connectivity index is 1.75. The van der Waals surface area contributed by atoms with E-state index in [0.717, 1.165) is 11.3 Å². The van der Waals surface area contributed by atoms with Crippen LogP contribution in [0, 0.1) is 6.92 Å². The molecule has 4 nitrogen and oxygen atoms in total. The van der Waals surface area contributed by atoms with Crippen molar-refractivity contribution in [2.24, 2.45) is 0 Å². The monoisotopic (exact) mass is 381 g/mol. The lowest BCUT2D eigenvalue weighted by atomic mass is 10.1. The minimum atomic E-state index is -0.225. The normalized spacial score (nSPS) is 10.3. The second-order valence-corrected chi connectivity index (χ2v) is 6.53. The number of nitrogens with one attached hydrogen (secondary N) is 1. The van der Waals surface area contributed by atoms with Gasteiger partial charge in [-0.05, 0) is 55.5 Å². The van der Waals surface area contributed by atoms with Gasteiger partial charge in [0, 0.05) is 21.8 Å². The first kappa shape index (κ1) is 18.8. The van der Waals surface area contributed by atoms with Crippen LogP contribution in [0.1, 0.15) is 21.5 Å². The van der Waals surface area contributed by atoms with Gasteiger partial charge in [0.25, 0.3) is 5.91 Å². The van der Waals surface area contributed by atoms with Gasteiger partial charge < -0.3 is 14.8 Å². The molecular formula is C22H20ClNO3. The van der Waals surface area contributed by atoms with E-state index < -0.39 is 0 Å². The number of amides is 1. The van der Waals surface area contributed by atoms with E-state index in [1.807, 2.05) is 31.2 Å². The Kier molecular flexibility index (Phi) is 5.99. The molecule has 1 amide bonds. The first-order chi connectivity index (χ1) is 13.0. The van der Waals surface area contributed by atoms with Crippen molar-refractivity contribution >= 4 is 23.2 Å². The SMILES string of the molecule is COc1ccc(C(=O)Nc2cccc(Cl)c2)cc1COc1ccc(C)cc1. The molecule has 0 heterocycles. The average molecular weight is 382 g/mol. The van der Waals surface area contributed by atoms with Crippen LogP contribution in [-0.2, 0) is 6.61 Å². The number of ether oxygens (including phenoxy) is 2. The summed E-state index contributed by atoms with van der Waals surface area (Å²) >= 11 is 5.96. The van der Waals surface area contributed by atoms with E-state index in [1.54, 1.807) is 49.6 Å². The maximum atomic E-state index is 12.6. The zero-order chi connectivity index (χ0) is 19.2. The van der Waals surface area contributed by atoms with Gasteiger partial charge in [0.2, 0.25) is 0 Å². The lowest BCUT2D eigenvalue weighted by molar-refractivity contribution is 0.102. The van der Waals surface area contributed by atoms with Gasteiger partial charge in [0.15, 0.2) is 0 Å². The Morgan fingerprint density at radius 1 is 1.04 bits per heavy atom. The number of carbonyl (C=O) groups is 1. The zero-order valence-corrected chi connectivity index (χ0v) is 15.9. The van der Waals surface area contributed by atoms with Gasteiger partial charge in [-0.1, -0.05) is 35.4 Å². The largest absolute Gasteiger partial charge is 0.496 e. The van der Waals surface area contributed by atoms with Gasteiger partial charge in [0.1, 0.15) is 18.1 Å². The van der Waals surface area contributed by atoms with Crippen LogP contribution in [0.15, 0.2) is 66.7 Å². The van der Waals surface area contributed by atoms with Crippen LogP contribution in [-0.4, -0.2) is 13.0 Å². The minimum Gasteiger partial charge on any atom is -0.496 e. The van der Waals surface area contributed by atoms with E-state index in [-0.39, 0.29) is 5.91 Å². The number of anilines is 1. The fourth-order valence-corrected chi connectivity index (χ4v) is 2.79. The van der Waals surface area contributed by atoms with Crippen molar-refractivity contribution in [2.45, 2.75) is 13.5 Å². The molecule has 0 spiro atoms. The molecule has 0 aromatic heterocycles. The highest BCUT2D eigenvalue weighted by Crippen LogP contribution is 2.23. The molecule has 0 saturated carbocycles. The van der Waals surface area contributed by atoms with E-state index >= 15 is 0 Å². The fraction of sp³-hybridized carbons (Fsp3) is 0.136. The molecule has 138 valence electrons. The minimum absolute atomic E-state index is 0.225. The molecular weight excluding hydrogens is 362 g/mol. The number of benzene rings is 3. The average Bonchev–Trinajstić information content (AvgIpc) is 2.67. The molecule has 3 rings (SSSR count). The molecule has 0 unspecified atom stereocenters. The highest BCUT2D eigenvalue weighted by molar-refractivity contribution is 6.30. The molecule has 5 heteroatoms. The molecule has 1 N–H and O–H groups in total. The van der Waals surface area contributed by atoms with E-state index in [4.69, 9.17) is 21.1 Å². The van der Waals surface area contributed by atoms with Crippen LogP contribution < -0.4 is 14.8 Å². The quantitative estimate of drug-likeness (QED) is 0.614. The van der Waals surface area contributed by atoms with Crippen LogP contribution in [0.5, 0.6) is 11.5 Å². The lowest BCUT2D eigenvalue weighted by Gasteiger charge is -2.13. The topological polar surface area (TPSA) is 47.6 Å². The molecule has 3 aromatic carbocycles. The lowest BCUT2D eigenvalue weighted by Crippen LogP contribution is -2.12. The van der Waals surface area contributed by atoms with Crippen LogP contribution in [0.25, 0.3) is 0 Å². The number of rotatable bonds is 6. The molecule has 0 aliphatic carbocycles. The Morgan fingerprint density at radius 2 is 1.81 bits per heavy atom. The number of halogens is 1. The van der Waals surface area contributed by atoms with Gasteiger partial charge in [-0.25, -0.2) is 0 Å². The summed E-state index contributed by atoms with van der Waals surface area (Å²) in [5, 5.41) is 3.40. The Labute approximate surface area is 163 Å². The Morgan fingerprint density at radius 3 is 2.52 bits per heavy atom. The highest BCUT2D eigenvalue weighted by atomic mass is 35.5. The van der Waals surface area contributed by atoms with E-state index in [2.05, 4.69) is 5.32 Å². The summed E-state index contributed by atoms with van der Waals surface area (Å²) in [5.41, 5.74) is 3.11. The zero-order valence-electron chi connectivity index (χ0n) is 15.2. The van der Waals surface area contributed by atoms with E-state index in [0.29, 0.717) is 28.6 Å². The summed E-state index contributed by atoms with van der Waals surface area (Å²) < 4.78 is 11.2. The first-order valence-corrected chi connectivity index (χ1v) is 8.86. The van der Waals surface area contributed by atoms with Crippen LogP contribution in [0.4, 0.5) is 5.69 Å². The van der Waals surface area contributed by atoms with Gasteiger partial charge in [-0.15, -0.1) is 0 Å². The molecule has 0 saturated heterocycles. The number of hydrogen-bond acceptors (Lipinski definition) is 3. The second kappa shape index (κ2) is 8.60. The molecule has 0 fully saturated rings. The predicted octanol–water partition coefficient (Wildman–Crippen LogP) is 5.49. The summed E-state index contributed by atoms with van der Waals surface area (Å²) in [7, 11) is 1.59. The molecule has 0 aliphatic heterocycles. The molecule has 0 aliphatic rings. The third kappa shape index (κ3) is 5.02. The van der Waals surface area contributed by atoms with Gasteiger partial charge >= 0.3 is 0 Å². The number of methoxy groups -OCH3 is 1. The number of hydrogen-bond donors (Lipinski definition) is 1. The van der Waals surface area contributed by atoms with Crippen molar-refractivity contribution in [2.75, 3.05) is 12.4 Å². The highest BCUT2D eigenvalue weighted by Gasteiger charge is 2.11. The summed E-state index contributed by atoms with van der Waals surface area (Å²) in [5.74, 6) is 1.20. The van der Waals surface area contributed by atoms with Crippen molar-refractivity contribution in [1.82, 2.24) is 0 Å². The standard InChI is InChI=1S/C22H20ClNO3/c1-15-6-9-20(10-7-15)27-14-17-12-16(8-11-21(17)26-2)22(25)24-19-5-3-4-18(23)13-19/h3-13H,14H2,1-2H3,(H,24,25). The fourth-order valence-electron chi connectivity index (χ4n) is 2.60. The molecule has 3 aromatic rings. The van der Waals surface area contributed by atoms with Crippen LogP contribution in [0.3, 0.4) is 0 Å². The molecule has 0 bridgehead atoms. The summed E-state index contributed by atoms with van der Waals surface area (Å²) in [4.78, 5) is 12.6. The smallest absolute Gasteiger partial charge is 0.255 e. The number of carbonyl (C=O) groups excluding carboxylic acids is 1. The third-order valence-corrected chi connectivity index (χ3v) is 4.28. The summed E-state index contributed by atoms with van der Waals surface area (Å²) in [6, 6.07) is 20.1. The van der Waals surface area contributed by atoms with Gasteiger partial charge in [-0.2, -0.15) is 0 Å².